The fraction of sp³-hybridized carbons (Fsp3) is 0.240. The molecular formula is C25H20ClF3N4O2. The lowest BCUT2D eigenvalue weighted by atomic mass is 9.63. The molecule has 0 saturated carbocycles. The van der Waals surface area contributed by atoms with Gasteiger partial charge in [0, 0.05) is 36.7 Å². The molecular weight excluding hydrogens is 481 g/mol. The number of pyridine rings is 1. The molecule has 35 heavy (non-hydrogen) atoms. The maximum absolute atomic E-state index is 13.7. The van der Waals surface area contributed by atoms with Crippen LogP contribution in [-0.2, 0) is 4.79 Å². The minimum atomic E-state index is -0.795. The summed E-state index contributed by atoms with van der Waals surface area (Å²) in [5, 5.41) is 2.42. The van der Waals surface area contributed by atoms with Crippen molar-refractivity contribution >= 4 is 34.9 Å². The number of nitrogens with one attached hydrogen (secondary N) is 1. The van der Waals surface area contributed by atoms with E-state index in [4.69, 9.17) is 11.6 Å². The van der Waals surface area contributed by atoms with Gasteiger partial charge >= 0.3 is 6.03 Å². The standard InChI is InChI=1S/C25H20ClF3N4O2/c26-19-14-18(4-5-20(19)29)33-22(21-3-1-2-8-30-21)25(23(33)34)6-9-32(10-7-25)24(35)31-17-12-15(27)11-16(28)13-17/h1-5,8,11-14,22H,6-7,9-10H2,(H,31,35). The van der Waals surface area contributed by atoms with Crippen LogP contribution in [0, 0.1) is 22.9 Å². The molecule has 1 N–H and O–H groups in total. The predicted molar refractivity (Wildman–Crippen MR) is 124 cm³/mol. The number of carbonyl (C=O) groups excluding carboxylic acids is 2. The van der Waals surface area contributed by atoms with Crippen LogP contribution in [0.4, 0.5) is 29.3 Å². The Balaban J connectivity index is 1.37. The van der Waals surface area contributed by atoms with Crippen LogP contribution >= 0.6 is 11.6 Å². The topological polar surface area (TPSA) is 65.5 Å². The maximum atomic E-state index is 13.7. The first-order valence-electron chi connectivity index (χ1n) is 11.0. The highest BCUT2D eigenvalue weighted by molar-refractivity contribution is 6.31. The number of piperidine rings is 1. The molecule has 0 radical (unpaired) electrons. The minimum absolute atomic E-state index is 0.0123. The second-order valence-corrected chi connectivity index (χ2v) is 9.07. The molecule has 1 atom stereocenters. The number of rotatable bonds is 3. The van der Waals surface area contributed by atoms with Gasteiger partial charge in [-0.1, -0.05) is 17.7 Å². The van der Waals surface area contributed by atoms with Crippen molar-refractivity contribution in [1.82, 2.24) is 9.88 Å². The van der Waals surface area contributed by atoms with E-state index in [1.54, 1.807) is 17.2 Å². The molecule has 3 amide bonds. The second-order valence-electron chi connectivity index (χ2n) is 8.66. The molecule has 2 saturated heterocycles. The lowest BCUT2D eigenvalue weighted by molar-refractivity contribution is -0.144. The van der Waals surface area contributed by atoms with Crippen molar-refractivity contribution in [3.8, 4) is 0 Å². The largest absolute Gasteiger partial charge is 0.324 e. The third-order valence-corrected chi connectivity index (χ3v) is 6.92. The van der Waals surface area contributed by atoms with Gasteiger partial charge in [0.25, 0.3) is 0 Å². The van der Waals surface area contributed by atoms with Gasteiger partial charge in [-0.05, 0) is 55.3 Å². The Morgan fingerprint density at radius 2 is 1.74 bits per heavy atom. The number of carbonyl (C=O) groups is 2. The first-order chi connectivity index (χ1) is 16.8. The second kappa shape index (κ2) is 8.88. The van der Waals surface area contributed by atoms with E-state index in [1.165, 1.54) is 23.1 Å². The summed E-state index contributed by atoms with van der Waals surface area (Å²) >= 11 is 5.97. The summed E-state index contributed by atoms with van der Waals surface area (Å²) in [6, 6.07) is 11.4. The molecule has 5 rings (SSSR count). The van der Waals surface area contributed by atoms with E-state index < -0.39 is 34.9 Å². The van der Waals surface area contributed by atoms with Gasteiger partial charge in [0.2, 0.25) is 5.91 Å². The van der Waals surface area contributed by atoms with Gasteiger partial charge in [0.1, 0.15) is 17.5 Å². The van der Waals surface area contributed by atoms with E-state index in [9.17, 15) is 22.8 Å². The number of β-lactam (4-membered cyclic amide) rings is 1. The molecule has 180 valence electrons. The Labute approximate surface area is 204 Å². The fourth-order valence-corrected chi connectivity index (χ4v) is 5.11. The van der Waals surface area contributed by atoms with Crippen LogP contribution in [0.1, 0.15) is 24.6 Å². The highest BCUT2D eigenvalue weighted by Gasteiger charge is 2.62. The molecule has 3 aromatic rings. The fourth-order valence-electron chi connectivity index (χ4n) is 4.93. The zero-order chi connectivity index (χ0) is 24.7. The van der Waals surface area contributed by atoms with E-state index in [2.05, 4.69) is 10.3 Å². The summed E-state index contributed by atoms with van der Waals surface area (Å²) < 4.78 is 40.7. The lowest BCUT2D eigenvalue weighted by Crippen LogP contribution is -2.67. The zero-order valence-corrected chi connectivity index (χ0v) is 19.1. The van der Waals surface area contributed by atoms with Crippen molar-refractivity contribution in [2.45, 2.75) is 18.9 Å². The van der Waals surface area contributed by atoms with Gasteiger partial charge in [-0.15, -0.1) is 0 Å². The number of aromatic nitrogens is 1. The first kappa shape index (κ1) is 23.2. The molecule has 0 aliphatic carbocycles. The van der Waals surface area contributed by atoms with Crippen LogP contribution in [0.3, 0.4) is 0 Å². The third-order valence-electron chi connectivity index (χ3n) is 6.63. The van der Waals surface area contributed by atoms with Crippen LogP contribution < -0.4 is 10.2 Å². The van der Waals surface area contributed by atoms with Crippen molar-refractivity contribution in [3.63, 3.8) is 0 Å². The summed E-state index contributed by atoms with van der Waals surface area (Å²) in [4.78, 5) is 33.8. The molecule has 10 heteroatoms. The van der Waals surface area contributed by atoms with Gasteiger partial charge in [0.05, 0.1) is 22.2 Å². The summed E-state index contributed by atoms with van der Waals surface area (Å²) in [6.07, 6.45) is 2.37. The van der Waals surface area contributed by atoms with Gasteiger partial charge < -0.3 is 15.1 Å². The summed E-state index contributed by atoms with van der Waals surface area (Å²) in [5.41, 5.74) is 0.367. The average molecular weight is 501 g/mol. The van der Waals surface area contributed by atoms with E-state index in [-0.39, 0.29) is 29.7 Å². The monoisotopic (exact) mass is 500 g/mol. The number of anilines is 2. The Morgan fingerprint density at radius 1 is 1.03 bits per heavy atom. The predicted octanol–water partition coefficient (Wildman–Crippen LogP) is 5.55. The normalized spacial score (nSPS) is 19.0. The van der Waals surface area contributed by atoms with Crippen molar-refractivity contribution < 1.29 is 22.8 Å². The van der Waals surface area contributed by atoms with Crippen LogP contribution in [0.25, 0.3) is 0 Å². The van der Waals surface area contributed by atoms with Crippen molar-refractivity contribution in [2.24, 2.45) is 5.41 Å². The number of benzene rings is 2. The SMILES string of the molecule is O=C(Nc1cc(F)cc(F)c1)N1CCC2(CC1)C(=O)N(c1ccc(F)c(Cl)c1)C2c1ccccn1. The van der Waals surface area contributed by atoms with Crippen LogP contribution in [0.15, 0.2) is 60.8 Å². The number of likely N-dealkylation sites (tertiary alicyclic amines) is 1. The molecule has 0 bridgehead atoms. The molecule has 1 aromatic heterocycles. The van der Waals surface area contributed by atoms with Gasteiger partial charge in [-0.25, -0.2) is 18.0 Å². The quantitative estimate of drug-likeness (QED) is 0.479. The number of hydrogen-bond donors (Lipinski definition) is 1. The number of halogens is 4. The lowest BCUT2D eigenvalue weighted by Gasteiger charge is -2.58. The molecule has 2 aromatic carbocycles. The summed E-state index contributed by atoms with van der Waals surface area (Å²) in [6.45, 7) is 0.521. The molecule has 2 fully saturated rings. The summed E-state index contributed by atoms with van der Waals surface area (Å²) in [5.74, 6) is -2.32. The van der Waals surface area contributed by atoms with E-state index in [0.29, 0.717) is 24.2 Å². The summed E-state index contributed by atoms with van der Waals surface area (Å²) in [7, 11) is 0. The van der Waals surface area contributed by atoms with Crippen LogP contribution in [-0.4, -0.2) is 34.9 Å². The van der Waals surface area contributed by atoms with Crippen molar-refractivity contribution in [2.75, 3.05) is 23.3 Å². The number of nitrogens with zero attached hydrogens (tertiary/aromatic N) is 3. The highest BCUT2D eigenvalue weighted by atomic mass is 35.5. The molecule has 1 unspecified atom stereocenters. The first-order valence-corrected chi connectivity index (χ1v) is 11.4. The van der Waals surface area contributed by atoms with E-state index in [0.717, 1.165) is 18.2 Å². The van der Waals surface area contributed by atoms with Gasteiger partial charge in [-0.3, -0.25) is 9.78 Å². The molecule has 1 spiro atoms. The smallest absolute Gasteiger partial charge is 0.321 e. The number of hydrogen-bond acceptors (Lipinski definition) is 3. The Bertz CT molecular complexity index is 1280. The highest BCUT2D eigenvalue weighted by Crippen LogP contribution is 2.57. The number of urea groups is 1. The Hall–Kier alpha value is -3.59. The van der Waals surface area contributed by atoms with Gasteiger partial charge in [-0.2, -0.15) is 0 Å². The zero-order valence-electron chi connectivity index (χ0n) is 18.3. The molecule has 6 nitrogen and oxygen atoms in total. The van der Waals surface area contributed by atoms with Crippen LogP contribution in [0.2, 0.25) is 5.02 Å². The van der Waals surface area contributed by atoms with E-state index in [1.807, 2.05) is 12.1 Å². The Kier molecular flexibility index (Phi) is 5.88. The van der Waals surface area contributed by atoms with Crippen molar-refractivity contribution in [1.29, 1.82) is 0 Å². The molecule has 2 aliphatic heterocycles. The average Bonchev–Trinajstić information content (AvgIpc) is 2.84. The number of amides is 3. The Morgan fingerprint density at radius 3 is 2.37 bits per heavy atom. The van der Waals surface area contributed by atoms with Crippen LogP contribution in [0.5, 0.6) is 0 Å². The third kappa shape index (κ3) is 4.10. The van der Waals surface area contributed by atoms with E-state index >= 15 is 0 Å². The maximum Gasteiger partial charge on any atom is 0.321 e. The van der Waals surface area contributed by atoms with Crippen molar-refractivity contribution in [3.05, 3.63) is 89.0 Å². The minimum Gasteiger partial charge on any atom is -0.324 e. The molecule has 2 aliphatic rings. The van der Waals surface area contributed by atoms with Gasteiger partial charge in [0.15, 0.2) is 0 Å². The molecule has 3 heterocycles.